The van der Waals surface area contributed by atoms with Crippen LogP contribution in [0.4, 0.5) is 0 Å². The lowest BCUT2D eigenvalue weighted by Crippen LogP contribution is -2.30. The Hall–Kier alpha value is -0.0800. The fraction of sp³-hybridized carbons (Fsp3) is 1.00. The maximum Gasteiger partial charge on any atom is 0.00391 e. The number of nitrogens with one attached hydrogen (secondary N) is 2. The number of hydrogen-bond donors (Lipinski definition) is 2. The Kier molecular flexibility index (Phi) is 5.40. The van der Waals surface area contributed by atoms with Gasteiger partial charge in [0.05, 0.1) is 0 Å². The molecule has 2 atom stereocenters. The monoisotopic (exact) mass is 184 g/mol. The molecule has 0 amide bonds. The first-order valence-corrected chi connectivity index (χ1v) is 5.76. The van der Waals surface area contributed by atoms with E-state index in [0.717, 1.165) is 12.1 Å². The van der Waals surface area contributed by atoms with Crippen LogP contribution < -0.4 is 10.6 Å². The SMILES string of the molecule is C[C@H]1CCCCN1.C[C@H]1CCCN1. The lowest BCUT2D eigenvalue weighted by atomic mass is 10.1. The average molecular weight is 184 g/mol. The van der Waals surface area contributed by atoms with E-state index < -0.39 is 0 Å². The summed E-state index contributed by atoms with van der Waals surface area (Å²) in [6, 6.07) is 1.58. The number of rotatable bonds is 0. The van der Waals surface area contributed by atoms with Crippen molar-refractivity contribution in [2.75, 3.05) is 13.1 Å². The van der Waals surface area contributed by atoms with Crippen LogP contribution in [0, 0.1) is 0 Å². The van der Waals surface area contributed by atoms with E-state index in [9.17, 15) is 0 Å². The first kappa shape index (κ1) is 11.0. The molecule has 0 radical (unpaired) electrons. The molecular formula is C11H24N2. The second-order valence-electron chi connectivity index (χ2n) is 4.35. The summed E-state index contributed by atoms with van der Waals surface area (Å²) in [7, 11) is 0. The van der Waals surface area contributed by atoms with Gasteiger partial charge in [0.25, 0.3) is 0 Å². The van der Waals surface area contributed by atoms with Crippen LogP contribution in [0.2, 0.25) is 0 Å². The van der Waals surface area contributed by atoms with E-state index in [1.54, 1.807) is 0 Å². The molecular weight excluding hydrogens is 160 g/mol. The molecule has 13 heavy (non-hydrogen) atoms. The predicted octanol–water partition coefficient (Wildman–Crippen LogP) is 1.91. The summed E-state index contributed by atoms with van der Waals surface area (Å²) < 4.78 is 0. The Morgan fingerprint density at radius 3 is 1.54 bits per heavy atom. The molecule has 2 heterocycles. The Morgan fingerprint density at radius 1 is 0.769 bits per heavy atom. The van der Waals surface area contributed by atoms with Crippen LogP contribution in [0.15, 0.2) is 0 Å². The quantitative estimate of drug-likeness (QED) is 0.601. The van der Waals surface area contributed by atoms with E-state index in [1.165, 1.54) is 45.2 Å². The maximum absolute atomic E-state index is 3.38. The molecule has 2 saturated heterocycles. The normalized spacial score (nSPS) is 33.7. The molecule has 2 rings (SSSR count). The summed E-state index contributed by atoms with van der Waals surface area (Å²) in [5.74, 6) is 0. The Morgan fingerprint density at radius 2 is 1.31 bits per heavy atom. The summed E-state index contributed by atoms with van der Waals surface area (Å²) in [5.41, 5.74) is 0. The third-order valence-electron chi connectivity index (χ3n) is 2.86. The zero-order chi connectivity index (χ0) is 9.52. The minimum Gasteiger partial charge on any atom is -0.314 e. The second kappa shape index (κ2) is 6.39. The molecule has 78 valence electrons. The van der Waals surface area contributed by atoms with Crippen molar-refractivity contribution in [2.24, 2.45) is 0 Å². The van der Waals surface area contributed by atoms with E-state index in [4.69, 9.17) is 0 Å². The minimum atomic E-state index is 0.786. The van der Waals surface area contributed by atoms with Crippen molar-refractivity contribution in [2.45, 2.75) is 58.0 Å². The van der Waals surface area contributed by atoms with Gasteiger partial charge in [-0.2, -0.15) is 0 Å². The fourth-order valence-corrected chi connectivity index (χ4v) is 1.88. The molecule has 2 heteroatoms. The van der Waals surface area contributed by atoms with Gasteiger partial charge in [0.2, 0.25) is 0 Å². The summed E-state index contributed by atoms with van der Waals surface area (Å²) in [4.78, 5) is 0. The molecule has 0 saturated carbocycles. The third-order valence-corrected chi connectivity index (χ3v) is 2.86. The van der Waals surface area contributed by atoms with Crippen LogP contribution in [-0.2, 0) is 0 Å². The van der Waals surface area contributed by atoms with Crippen molar-refractivity contribution < 1.29 is 0 Å². The maximum atomic E-state index is 3.38. The summed E-state index contributed by atoms with van der Waals surface area (Å²) in [6.07, 6.45) is 6.93. The van der Waals surface area contributed by atoms with Crippen LogP contribution in [0.1, 0.15) is 46.0 Å². The molecule has 0 spiro atoms. The Balaban J connectivity index is 0.000000132. The second-order valence-corrected chi connectivity index (χ2v) is 4.35. The number of piperidine rings is 1. The van der Waals surface area contributed by atoms with E-state index in [0.29, 0.717) is 0 Å². The molecule has 2 nitrogen and oxygen atoms in total. The van der Waals surface area contributed by atoms with Crippen LogP contribution >= 0.6 is 0 Å². The van der Waals surface area contributed by atoms with Crippen molar-refractivity contribution in [3.63, 3.8) is 0 Å². The molecule has 0 aromatic heterocycles. The molecule has 2 N–H and O–H groups in total. The highest BCUT2D eigenvalue weighted by molar-refractivity contribution is 4.67. The van der Waals surface area contributed by atoms with Gasteiger partial charge >= 0.3 is 0 Å². The van der Waals surface area contributed by atoms with Gasteiger partial charge in [0, 0.05) is 12.1 Å². The molecule has 0 bridgehead atoms. The van der Waals surface area contributed by atoms with Crippen LogP contribution in [-0.4, -0.2) is 25.2 Å². The molecule has 0 aromatic rings. The van der Waals surface area contributed by atoms with Crippen LogP contribution in [0.25, 0.3) is 0 Å². The highest BCUT2D eigenvalue weighted by Crippen LogP contribution is 2.04. The first-order valence-electron chi connectivity index (χ1n) is 5.76. The first-order chi connectivity index (χ1) is 6.29. The highest BCUT2D eigenvalue weighted by Gasteiger charge is 2.05. The summed E-state index contributed by atoms with van der Waals surface area (Å²) in [5, 5.41) is 6.70. The van der Waals surface area contributed by atoms with E-state index in [2.05, 4.69) is 24.5 Å². The van der Waals surface area contributed by atoms with Crippen LogP contribution in [0.3, 0.4) is 0 Å². The van der Waals surface area contributed by atoms with Crippen molar-refractivity contribution in [3.05, 3.63) is 0 Å². The standard InChI is InChI=1S/C6H13N.C5H11N/c1-6-4-2-3-5-7-6;1-5-3-2-4-6-5/h6-7H,2-5H2,1H3;5-6H,2-4H2,1H3/t6-;5-/m00/s1. The zero-order valence-electron chi connectivity index (χ0n) is 9.10. The van der Waals surface area contributed by atoms with Crippen molar-refractivity contribution in [1.82, 2.24) is 10.6 Å². The van der Waals surface area contributed by atoms with Gasteiger partial charge in [-0.25, -0.2) is 0 Å². The lowest BCUT2D eigenvalue weighted by Gasteiger charge is -2.18. The van der Waals surface area contributed by atoms with Gasteiger partial charge in [-0.05, 0) is 52.6 Å². The van der Waals surface area contributed by atoms with Crippen molar-refractivity contribution in [3.8, 4) is 0 Å². The van der Waals surface area contributed by atoms with Crippen molar-refractivity contribution in [1.29, 1.82) is 0 Å². The lowest BCUT2D eigenvalue weighted by molar-refractivity contribution is 0.425. The largest absolute Gasteiger partial charge is 0.314 e. The average Bonchev–Trinajstić information content (AvgIpc) is 2.58. The van der Waals surface area contributed by atoms with Crippen molar-refractivity contribution >= 4 is 0 Å². The Labute approximate surface area is 82.5 Å². The van der Waals surface area contributed by atoms with E-state index in [-0.39, 0.29) is 0 Å². The topological polar surface area (TPSA) is 24.1 Å². The smallest absolute Gasteiger partial charge is 0.00391 e. The van der Waals surface area contributed by atoms with Gasteiger partial charge in [-0.1, -0.05) is 6.42 Å². The van der Waals surface area contributed by atoms with Gasteiger partial charge in [0.15, 0.2) is 0 Å². The number of hydrogen-bond acceptors (Lipinski definition) is 2. The molecule has 0 aromatic carbocycles. The van der Waals surface area contributed by atoms with Gasteiger partial charge in [-0.15, -0.1) is 0 Å². The van der Waals surface area contributed by atoms with Gasteiger partial charge < -0.3 is 10.6 Å². The zero-order valence-corrected chi connectivity index (χ0v) is 9.10. The predicted molar refractivity (Wildman–Crippen MR) is 58.0 cm³/mol. The molecule has 2 aliphatic heterocycles. The summed E-state index contributed by atoms with van der Waals surface area (Å²) >= 11 is 0. The molecule has 2 aliphatic rings. The third kappa shape index (κ3) is 5.27. The van der Waals surface area contributed by atoms with Gasteiger partial charge in [0.1, 0.15) is 0 Å². The molecule has 0 aliphatic carbocycles. The van der Waals surface area contributed by atoms with Crippen LogP contribution in [0.5, 0.6) is 0 Å². The highest BCUT2D eigenvalue weighted by atomic mass is 14.9. The summed E-state index contributed by atoms with van der Waals surface area (Å²) in [6.45, 7) is 6.95. The minimum absolute atomic E-state index is 0.786. The fourth-order valence-electron chi connectivity index (χ4n) is 1.88. The van der Waals surface area contributed by atoms with E-state index >= 15 is 0 Å². The van der Waals surface area contributed by atoms with Gasteiger partial charge in [-0.3, -0.25) is 0 Å². The molecule has 0 unspecified atom stereocenters. The molecule has 2 fully saturated rings. The Bertz CT molecular complexity index is 113. The van der Waals surface area contributed by atoms with E-state index in [1.807, 2.05) is 0 Å².